The first-order valence-corrected chi connectivity index (χ1v) is 32.2. The summed E-state index contributed by atoms with van der Waals surface area (Å²) in [6.45, 7) is 0. The Morgan fingerprint density at radius 3 is 1.08 bits per heavy atom. The minimum absolute atomic E-state index is 0.926. The fourth-order valence-electron chi connectivity index (χ4n) is 15.8. The largest absolute Gasteiger partial charge is 0.308 e. The number of rotatable bonds is 8. The van der Waals surface area contributed by atoms with Gasteiger partial charge >= 0.3 is 0 Å². The molecule has 18 aromatic rings. The zero-order valence-electron chi connectivity index (χ0n) is 50.5. The zero-order chi connectivity index (χ0) is 60.4. The van der Waals surface area contributed by atoms with E-state index in [0.717, 1.165) is 46.6 Å². The number of hydrogen-bond donors (Lipinski definition) is 0. The summed E-state index contributed by atoms with van der Waals surface area (Å²) >= 11 is 0. The molecule has 0 atom stereocenters. The van der Waals surface area contributed by atoms with Gasteiger partial charge in [0.15, 0.2) is 0 Å². The molecule has 16 aromatic carbocycles. The van der Waals surface area contributed by atoms with E-state index in [-0.39, 0.29) is 0 Å². The summed E-state index contributed by atoms with van der Waals surface area (Å²) in [7, 11) is 0. The Hall–Kier alpha value is -11.8. The lowest BCUT2D eigenvalue weighted by Crippen LogP contribution is -2.01. The molecule has 2 heterocycles. The number of fused-ring (bicyclic) bond motifs is 12. The fourth-order valence-corrected chi connectivity index (χ4v) is 15.8. The summed E-state index contributed by atoms with van der Waals surface area (Å²) in [4.78, 5) is 0. The lowest BCUT2D eigenvalue weighted by atomic mass is 9.83. The number of allylic oxidation sites excluding steroid dienone is 4. The fraction of sp³-hybridized carbons (Fsp3) is 0.0222. The second-order valence-electron chi connectivity index (χ2n) is 24.9. The van der Waals surface area contributed by atoms with Crippen molar-refractivity contribution in [3.8, 4) is 67.3 Å². The van der Waals surface area contributed by atoms with Gasteiger partial charge in [-0.15, -0.1) is 0 Å². The monoisotopic (exact) mass is 1170 g/mol. The van der Waals surface area contributed by atoms with Crippen LogP contribution in [0.2, 0.25) is 0 Å². The highest BCUT2D eigenvalue weighted by Crippen LogP contribution is 2.54. The Kier molecular flexibility index (Phi) is 11.8. The molecule has 2 aromatic heterocycles. The first-order chi connectivity index (χ1) is 45.7. The van der Waals surface area contributed by atoms with Crippen molar-refractivity contribution in [2.75, 3.05) is 0 Å². The zero-order valence-corrected chi connectivity index (χ0v) is 50.5. The minimum atomic E-state index is 0.926. The molecular formula is C90H58N2. The third-order valence-corrected chi connectivity index (χ3v) is 19.8. The van der Waals surface area contributed by atoms with Crippen LogP contribution in [0.15, 0.2) is 328 Å². The lowest BCUT2D eigenvalue weighted by molar-refractivity contribution is 1.05. The van der Waals surface area contributed by atoms with Crippen molar-refractivity contribution < 1.29 is 0 Å². The molecule has 1 aliphatic carbocycles. The SMILES string of the molecule is C1=CCCC(c2c(-c3ccccc3)n(-c3cc4ccccc4c4ccccc34)c3cc4c(-c5ccc6ccccc6c5)c5cc6c(-c7ccccc7)c(-c7ccccc7)n(-c7cc8ccccc8c8ccccc78)c6cc5c(-c5ccc6ccccc6c5)c4cc23)=C1. The Morgan fingerprint density at radius 1 is 0.228 bits per heavy atom. The van der Waals surface area contributed by atoms with Crippen molar-refractivity contribution in [3.63, 3.8) is 0 Å². The highest BCUT2D eigenvalue weighted by atomic mass is 15.0. The third kappa shape index (κ3) is 8.07. The van der Waals surface area contributed by atoms with Gasteiger partial charge in [0.25, 0.3) is 0 Å². The van der Waals surface area contributed by atoms with E-state index in [1.54, 1.807) is 0 Å². The Bertz CT molecular complexity index is 6160. The van der Waals surface area contributed by atoms with E-state index in [0.29, 0.717) is 0 Å². The molecule has 2 nitrogen and oxygen atoms in total. The van der Waals surface area contributed by atoms with Crippen molar-refractivity contribution in [2.45, 2.75) is 12.8 Å². The van der Waals surface area contributed by atoms with Gasteiger partial charge in [-0.3, -0.25) is 0 Å². The van der Waals surface area contributed by atoms with E-state index in [9.17, 15) is 0 Å². The molecule has 0 radical (unpaired) electrons. The van der Waals surface area contributed by atoms with Crippen molar-refractivity contribution in [1.29, 1.82) is 0 Å². The average Bonchev–Trinajstić information content (AvgIpc) is 1.51. The third-order valence-electron chi connectivity index (χ3n) is 19.8. The van der Waals surface area contributed by atoms with Crippen LogP contribution in [0.5, 0.6) is 0 Å². The Labute approximate surface area is 532 Å². The summed E-state index contributed by atoms with van der Waals surface area (Å²) in [5.74, 6) is 0. The Balaban J connectivity index is 1.07. The van der Waals surface area contributed by atoms with E-state index in [4.69, 9.17) is 0 Å². The molecule has 19 rings (SSSR count). The predicted octanol–water partition coefficient (Wildman–Crippen LogP) is 24.9. The van der Waals surface area contributed by atoms with Crippen molar-refractivity contribution in [1.82, 2.24) is 9.13 Å². The average molecular weight is 1170 g/mol. The molecule has 0 N–H and O–H groups in total. The first kappa shape index (κ1) is 52.1. The van der Waals surface area contributed by atoms with E-state index >= 15 is 0 Å². The standard InChI is InChI=1S/C90H58N2/c1-5-27-59(28-6-1)87-79-53-75-77(55-83(79)91(89(87)61-31-9-3-10-32-61)81-51-65-37-17-19-39-69(65)71-41-21-23-43-73(71)81)86(68-48-46-58-26-14-16-36-64(58)50-68)76-54-80-84(56-78(76)85(75)67-47-45-57-25-13-15-35-63(57)49-67)92(82-52-66-38-18-20-40-70(66)72-42-22-24-44-74(72)82)90(62-33-11-4-12-34-62)88(80)60-29-7-2-8-30-60/h1-7,9-29,31-56H,8,30H2. The van der Waals surface area contributed by atoms with Gasteiger partial charge in [0.05, 0.1) is 33.8 Å². The molecule has 2 heteroatoms. The van der Waals surface area contributed by atoms with Gasteiger partial charge in [-0.1, -0.05) is 279 Å². The number of hydrogen-bond acceptors (Lipinski definition) is 0. The summed E-state index contributed by atoms with van der Waals surface area (Å²) in [6.07, 6.45) is 8.88. The molecule has 0 amide bonds. The first-order valence-electron chi connectivity index (χ1n) is 32.2. The van der Waals surface area contributed by atoms with Crippen LogP contribution in [0.1, 0.15) is 18.4 Å². The van der Waals surface area contributed by atoms with Crippen LogP contribution in [0.25, 0.3) is 181 Å². The van der Waals surface area contributed by atoms with E-state index in [2.05, 4.69) is 337 Å². The molecule has 0 bridgehead atoms. The molecule has 0 saturated heterocycles. The highest BCUT2D eigenvalue weighted by Gasteiger charge is 2.30. The maximum absolute atomic E-state index is 2.65. The molecule has 0 fully saturated rings. The molecule has 0 spiro atoms. The summed E-state index contributed by atoms with van der Waals surface area (Å²) in [5.41, 5.74) is 19.0. The summed E-state index contributed by atoms with van der Waals surface area (Å²) in [5, 5.41) is 21.8. The van der Waals surface area contributed by atoms with Crippen molar-refractivity contribution in [3.05, 3.63) is 333 Å². The summed E-state index contributed by atoms with van der Waals surface area (Å²) < 4.78 is 5.27. The van der Waals surface area contributed by atoms with Crippen LogP contribution in [-0.2, 0) is 0 Å². The maximum Gasteiger partial charge on any atom is 0.0619 e. The van der Waals surface area contributed by atoms with Gasteiger partial charge in [0.2, 0.25) is 0 Å². The van der Waals surface area contributed by atoms with Gasteiger partial charge in [-0.25, -0.2) is 0 Å². The van der Waals surface area contributed by atoms with Crippen LogP contribution in [0.4, 0.5) is 0 Å². The number of aromatic nitrogens is 2. The van der Waals surface area contributed by atoms with Crippen LogP contribution < -0.4 is 0 Å². The second kappa shape index (κ2) is 20.9. The van der Waals surface area contributed by atoms with Crippen LogP contribution >= 0.6 is 0 Å². The number of nitrogens with zero attached hydrogens (tertiary/aromatic N) is 2. The van der Waals surface area contributed by atoms with Gasteiger partial charge in [-0.2, -0.15) is 0 Å². The van der Waals surface area contributed by atoms with Crippen LogP contribution in [0, 0.1) is 0 Å². The lowest BCUT2D eigenvalue weighted by Gasteiger charge is -2.21. The van der Waals surface area contributed by atoms with Gasteiger partial charge in [0, 0.05) is 32.7 Å². The molecule has 0 aliphatic heterocycles. The smallest absolute Gasteiger partial charge is 0.0619 e. The number of benzene rings is 16. The minimum Gasteiger partial charge on any atom is -0.308 e. The molecule has 0 unspecified atom stereocenters. The molecule has 0 saturated carbocycles. The van der Waals surface area contributed by atoms with Gasteiger partial charge in [-0.05, 0) is 181 Å². The van der Waals surface area contributed by atoms with E-state index in [1.807, 2.05) is 0 Å². The molecule has 92 heavy (non-hydrogen) atoms. The van der Waals surface area contributed by atoms with E-state index in [1.165, 1.54) is 153 Å². The van der Waals surface area contributed by atoms with Crippen LogP contribution in [-0.4, -0.2) is 9.13 Å². The molecule has 428 valence electrons. The maximum atomic E-state index is 2.65. The molecule has 1 aliphatic rings. The quantitative estimate of drug-likeness (QED) is 0.106. The van der Waals surface area contributed by atoms with E-state index < -0.39 is 0 Å². The van der Waals surface area contributed by atoms with Gasteiger partial charge < -0.3 is 9.13 Å². The predicted molar refractivity (Wildman–Crippen MR) is 394 cm³/mol. The second-order valence-corrected chi connectivity index (χ2v) is 24.9. The van der Waals surface area contributed by atoms with Gasteiger partial charge in [0.1, 0.15) is 0 Å². The van der Waals surface area contributed by atoms with Crippen molar-refractivity contribution in [2.24, 2.45) is 0 Å². The molecular weight excluding hydrogens is 1110 g/mol. The summed E-state index contributed by atoms with van der Waals surface area (Å²) in [6, 6.07) is 117. The normalized spacial score (nSPS) is 12.7. The Morgan fingerprint density at radius 2 is 0.609 bits per heavy atom. The topological polar surface area (TPSA) is 9.86 Å². The van der Waals surface area contributed by atoms with Crippen molar-refractivity contribution >= 4 is 114 Å². The highest BCUT2D eigenvalue weighted by molar-refractivity contribution is 6.28. The van der Waals surface area contributed by atoms with Crippen LogP contribution in [0.3, 0.4) is 0 Å².